The fourth-order valence-electron chi connectivity index (χ4n) is 3.15. The van der Waals surface area contributed by atoms with Crippen LogP contribution in [0.2, 0.25) is 0 Å². The Kier molecular flexibility index (Phi) is 8.58. The molecule has 0 fully saturated rings. The average Bonchev–Trinajstić information content (AvgIpc) is 3.13. The molecule has 10 heteroatoms. The molecular weight excluding hydrogens is 429 g/mol. The topological polar surface area (TPSA) is 116 Å². The number of carboxylic acid groups (broad SMARTS) is 1. The summed E-state index contributed by atoms with van der Waals surface area (Å²) in [6.45, 7) is 1.99. The molecule has 1 aliphatic heterocycles. The summed E-state index contributed by atoms with van der Waals surface area (Å²) < 4.78 is 0. The standard InChI is InChI=1S/C21H21N3O5S.Na.H/c1-12-10-30-11-15(12)13-4-3-5-14(8-13)16(9-18(26)27)22-21(29)23-19-17(25)6-7-24(2)20(19)28;;/h3-8,10-11,16,19H,9H2,1-2H3,(H,26,27)(H2,22,23,29);;/t16-,19?;;/m0../s1. The Labute approximate surface area is 205 Å². The van der Waals surface area contributed by atoms with Gasteiger partial charge in [0.05, 0.1) is 12.5 Å². The molecule has 1 unspecified atom stereocenters. The second kappa shape index (κ2) is 10.7. The normalized spacial score (nSPS) is 16.5. The summed E-state index contributed by atoms with van der Waals surface area (Å²) in [5.74, 6) is -2.20. The summed E-state index contributed by atoms with van der Waals surface area (Å²) in [5, 5.41) is 18.2. The number of thiophene rings is 1. The van der Waals surface area contributed by atoms with Crippen LogP contribution in [0, 0.1) is 6.92 Å². The molecule has 3 N–H and O–H groups in total. The van der Waals surface area contributed by atoms with Crippen LogP contribution in [0.5, 0.6) is 0 Å². The molecular formula is C21H22N3NaO5S. The number of carbonyl (C=O) groups excluding carboxylic acids is 3. The summed E-state index contributed by atoms with van der Waals surface area (Å²) in [6.07, 6.45) is 2.17. The number of hydrogen-bond donors (Lipinski definition) is 3. The first-order valence-corrected chi connectivity index (χ1v) is 10.1. The van der Waals surface area contributed by atoms with E-state index in [1.54, 1.807) is 23.5 Å². The number of hydrogen-bond acceptors (Lipinski definition) is 5. The number of aryl methyl sites for hydroxylation is 1. The van der Waals surface area contributed by atoms with Gasteiger partial charge in [-0.1, -0.05) is 18.2 Å². The van der Waals surface area contributed by atoms with E-state index in [1.807, 2.05) is 29.8 Å². The number of rotatable bonds is 6. The van der Waals surface area contributed by atoms with Crippen LogP contribution in [0.3, 0.4) is 0 Å². The van der Waals surface area contributed by atoms with Crippen molar-refractivity contribution < 1.29 is 24.3 Å². The van der Waals surface area contributed by atoms with E-state index in [4.69, 9.17) is 0 Å². The number of likely N-dealkylation sites (N-methyl/N-ethyl adjacent to an activating group) is 1. The number of carboxylic acids is 1. The molecule has 0 saturated carbocycles. The van der Waals surface area contributed by atoms with E-state index in [0.717, 1.165) is 16.7 Å². The summed E-state index contributed by atoms with van der Waals surface area (Å²) >= 11 is 1.57. The van der Waals surface area contributed by atoms with Gasteiger partial charge in [0.15, 0.2) is 11.8 Å². The molecule has 0 bridgehead atoms. The van der Waals surface area contributed by atoms with Crippen molar-refractivity contribution in [3.05, 3.63) is 58.4 Å². The first-order chi connectivity index (χ1) is 14.3. The van der Waals surface area contributed by atoms with Gasteiger partial charge in [-0.05, 0) is 46.0 Å². The van der Waals surface area contributed by atoms with Gasteiger partial charge >= 0.3 is 41.6 Å². The van der Waals surface area contributed by atoms with Crippen molar-refractivity contribution in [3.63, 3.8) is 0 Å². The van der Waals surface area contributed by atoms with Gasteiger partial charge in [0.2, 0.25) is 0 Å². The Hall–Kier alpha value is -2.46. The summed E-state index contributed by atoms with van der Waals surface area (Å²) in [6, 6.07) is 4.29. The van der Waals surface area contributed by atoms with Gasteiger partial charge in [-0.2, -0.15) is 11.3 Å². The molecule has 0 aliphatic carbocycles. The Balaban J connectivity index is 0.00000341. The predicted octanol–water partition coefficient (Wildman–Crippen LogP) is 1.81. The maximum atomic E-state index is 12.5. The Bertz CT molecular complexity index is 1040. The van der Waals surface area contributed by atoms with Crippen molar-refractivity contribution in [2.24, 2.45) is 0 Å². The zero-order valence-corrected chi connectivity index (χ0v) is 17.2. The van der Waals surface area contributed by atoms with Crippen LogP contribution in [-0.4, -0.2) is 76.3 Å². The molecule has 1 aromatic carbocycles. The van der Waals surface area contributed by atoms with E-state index in [0.29, 0.717) is 5.56 Å². The van der Waals surface area contributed by atoms with Gasteiger partial charge in [-0.15, -0.1) is 0 Å². The van der Waals surface area contributed by atoms with E-state index in [2.05, 4.69) is 10.6 Å². The number of ketones is 1. The first-order valence-electron chi connectivity index (χ1n) is 9.17. The number of nitrogens with one attached hydrogen (secondary N) is 2. The Morgan fingerprint density at radius 1 is 1.26 bits per heavy atom. The molecule has 0 saturated heterocycles. The molecule has 2 aromatic rings. The third-order valence-electron chi connectivity index (χ3n) is 4.76. The predicted molar refractivity (Wildman–Crippen MR) is 119 cm³/mol. The van der Waals surface area contributed by atoms with Crippen LogP contribution in [0.1, 0.15) is 23.6 Å². The minimum absolute atomic E-state index is 0. The molecule has 3 amide bonds. The van der Waals surface area contributed by atoms with Crippen LogP contribution in [-0.2, 0) is 14.4 Å². The molecule has 1 aromatic heterocycles. The molecule has 2 atom stereocenters. The molecule has 8 nitrogen and oxygen atoms in total. The second-order valence-corrected chi connectivity index (χ2v) is 7.71. The molecule has 3 rings (SSSR count). The van der Waals surface area contributed by atoms with E-state index in [1.165, 1.54) is 24.2 Å². The number of amides is 3. The van der Waals surface area contributed by atoms with Crippen molar-refractivity contribution in [2.75, 3.05) is 7.05 Å². The van der Waals surface area contributed by atoms with Crippen molar-refractivity contribution in [2.45, 2.75) is 25.4 Å². The van der Waals surface area contributed by atoms with Crippen molar-refractivity contribution in [1.29, 1.82) is 0 Å². The van der Waals surface area contributed by atoms with Crippen molar-refractivity contribution >= 4 is 64.6 Å². The number of carbonyl (C=O) groups is 4. The Morgan fingerprint density at radius 2 is 2.00 bits per heavy atom. The quantitative estimate of drug-likeness (QED) is 0.458. The van der Waals surface area contributed by atoms with Crippen LogP contribution in [0.25, 0.3) is 11.1 Å². The zero-order valence-electron chi connectivity index (χ0n) is 16.4. The van der Waals surface area contributed by atoms with Gasteiger partial charge in [0, 0.05) is 19.3 Å². The van der Waals surface area contributed by atoms with Crippen LogP contribution in [0.4, 0.5) is 4.79 Å². The van der Waals surface area contributed by atoms with E-state index < -0.39 is 35.8 Å². The summed E-state index contributed by atoms with van der Waals surface area (Å²) in [7, 11) is 1.48. The number of urea groups is 1. The van der Waals surface area contributed by atoms with E-state index in [-0.39, 0.29) is 36.0 Å². The molecule has 0 spiro atoms. The number of benzene rings is 1. The van der Waals surface area contributed by atoms with Gasteiger partial charge < -0.3 is 20.6 Å². The van der Waals surface area contributed by atoms with Crippen LogP contribution >= 0.6 is 11.3 Å². The van der Waals surface area contributed by atoms with Crippen molar-refractivity contribution in [3.8, 4) is 11.1 Å². The third-order valence-corrected chi connectivity index (χ3v) is 5.62. The maximum absolute atomic E-state index is 12.5. The minimum atomic E-state index is -1.34. The van der Waals surface area contributed by atoms with Crippen LogP contribution in [0.15, 0.2) is 47.3 Å². The zero-order chi connectivity index (χ0) is 21.8. The average molecular weight is 451 g/mol. The molecule has 0 radical (unpaired) electrons. The first kappa shape index (κ1) is 24.8. The van der Waals surface area contributed by atoms with E-state index >= 15 is 0 Å². The summed E-state index contributed by atoms with van der Waals surface area (Å²) in [5.41, 5.74) is 3.65. The fourth-order valence-corrected chi connectivity index (χ4v) is 4.01. The van der Waals surface area contributed by atoms with Gasteiger partial charge in [-0.25, -0.2) is 4.79 Å². The van der Waals surface area contributed by atoms with Gasteiger partial charge in [0.1, 0.15) is 0 Å². The van der Waals surface area contributed by atoms with Gasteiger partial charge in [-0.3, -0.25) is 14.4 Å². The number of nitrogens with zero attached hydrogens (tertiary/aromatic N) is 1. The van der Waals surface area contributed by atoms with E-state index in [9.17, 15) is 24.3 Å². The van der Waals surface area contributed by atoms with Gasteiger partial charge in [0.25, 0.3) is 5.91 Å². The molecule has 2 heterocycles. The monoisotopic (exact) mass is 451 g/mol. The van der Waals surface area contributed by atoms with Crippen LogP contribution < -0.4 is 10.6 Å². The molecule has 158 valence electrons. The molecule has 1 aliphatic rings. The number of aliphatic carboxylic acids is 1. The fraction of sp³-hybridized carbons (Fsp3) is 0.238. The molecule has 31 heavy (non-hydrogen) atoms. The SMILES string of the molecule is Cc1cscc1-c1cccc([C@H](CC(=O)O)NC(=O)NC2C(=O)C=CN(C)C2=O)c1.[NaH]. The second-order valence-electron chi connectivity index (χ2n) is 6.96. The third kappa shape index (κ3) is 6.04. The Morgan fingerprint density at radius 3 is 2.65 bits per heavy atom. The van der Waals surface area contributed by atoms with Crippen molar-refractivity contribution in [1.82, 2.24) is 15.5 Å². The summed E-state index contributed by atoms with van der Waals surface area (Å²) in [4.78, 5) is 49.1.